The molecule has 0 unspecified atom stereocenters. The van der Waals surface area contributed by atoms with Crippen molar-refractivity contribution in [1.82, 2.24) is 0 Å². The van der Waals surface area contributed by atoms with Gasteiger partial charge in [-0.25, -0.2) is 9.18 Å². The van der Waals surface area contributed by atoms with E-state index in [-0.39, 0.29) is 0 Å². The van der Waals surface area contributed by atoms with Crippen molar-refractivity contribution in [3.63, 3.8) is 0 Å². The molecule has 74 valence electrons. The zero-order valence-electron chi connectivity index (χ0n) is 6.36. The van der Waals surface area contributed by atoms with E-state index in [0.717, 1.165) is 0 Å². The lowest BCUT2D eigenvalue weighted by atomic mass is 9.98. The van der Waals surface area contributed by atoms with E-state index in [4.69, 9.17) is 15.3 Å². The molecule has 6 nitrogen and oxygen atoms in total. The summed E-state index contributed by atoms with van der Waals surface area (Å²) in [5, 5.41) is 24.5. The van der Waals surface area contributed by atoms with Crippen LogP contribution >= 0.6 is 0 Å². The summed E-state index contributed by atoms with van der Waals surface area (Å²) in [6.45, 7) is 0. The van der Waals surface area contributed by atoms with E-state index in [9.17, 15) is 18.8 Å². The van der Waals surface area contributed by atoms with Gasteiger partial charge in [0.15, 0.2) is 0 Å². The lowest BCUT2D eigenvalue weighted by Crippen LogP contribution is -2.38. The second kappa shape index (κ2) is 3.83. The maximum atomic E-state index is 13.1. The van der Waals surface area contributed by atoms with Crippen molar-refractivity contribution in [3.05, 3.63) is 0 Å². The Kier molecular flexibility index (Phi) is 3.34. The molecule has 0 aliphatic rings. The first-order valence-corrected chi connectivity index (χ1v) is 3.14. The zero-order valence-corrected chi connectivity index (χ0v) is 6.36. The average Bonchev–Trinajstić information content (AvgIpc) is 1.82. The molecule has 0 aromatic rings. The molecular weight excluding hydrogens is 187 g/mol. The maximum absolute atomic E-state index is 13.1. The molecule has 0 amide bonds. The zero-order chi connectivity index (χ0) is 10.6. The minimum Gasteiger partial charge on any atom is -0.481 e. The van der Waals surface area contributed by atoms with Crippen molar-refractivity contribution in [1.29, 1.82) is 0 Å². The largest absolute Gasteiger partial charge is 0.481 e. The van der Waals surface area contributed by atoms with Crippen LogP contribution in [0.5, 0.6) is 0 Å². The molecule has 0 aromatic carbocycles. The quantitative estimate of drug-likeness (QED) is 0.555. The van der Waals surface area contributed by atoms with Crippen LogP contribution in [0.3, 0.4) is 0 Å². The molecular formula is C6H7FO6. The molecule has 3 N–H and O–H groups in total. The molecule has 0 bridgehead atoms. The highest BCUT2D eigenvalue weighted by Crippen LogP contribution is 2.21. The lowest BCUT2D eigenvalue weighted by molar-refractivity contribution is -0.162. The first kappa shape index (κ1) is 11.3. The molecule has 0 spiro atoms. The summed E-state index contributed by atoms with van der Waals surface area (Å²) >= 11 is 0. The molecule has 0 atom stereocenters. The fourth-order valence-corrected chi connectivity index (χ4v) is 0.693. The highest BCUT2D eigenvalue weighted by atomic mass is 19.1. The number of hydrogen-bond acceptors (Lipinski definition) is 3. The Hall–Kier alpha value is -1.66. The summed E-state index contributed by atoms with van der Waals surface area (Å²) in [5.41, 5.74) is -3.24. The molecule has 0 radical (unpaired) electrons. The number of aliphatic carboxylic acids is 3. The van der Waals surface area contributed by atoms with E-state index in [2.05, 4.69) is 0 Å². The maximum Gasteiger partial charge on any atom is 0.342 e. The number of hydrogen-bond donors (Lipinski definition) is 3. The normalized spacial score (nSPS) is 10.8. The molecule has 0 saturated heterocycles. The van der Waals surface area contributed by atoms with Gasteiger partial charge in [-0.3, -0.25) is 9.59 Å². The first-order chi connectivity index (χ1) is 5.78. The summed E-state index contributed by atoms with van der Waals surface area (Å²) in [4.78, 5) is 30.2. The fourth-order valence-electron chi connectivity index (χ4n) is 0.693. The molecule has 0 aliphatic heterocycles. The minimum atomic E-state index is -3.24. The third-order valence-corrected chi connectivity index (χ3v) is 1.25. The Morgan fingerprint density at radius 3 is 1.46 bits per heavy atom. The highest BCUT2D eigenvalue weighted by Gasteiger charge is 2.43. The number of carboxylic acid groups (broad SMARTS) is 3. The van der Waals surface area contributed by atoms with Crippen molar-refractivity contribution < 1.29 is 34.1 Å². The van der Waals surface area contributed by atoms with E-state index in [1.807, 2.05) is 0 Å². The summed E-state index contributed by atoms with van der Waals surface area (Å²) in [6.07, 6.45) is -2.73. The van der Waals surface area contributed by atoms with Gasteiger partial charge in [0.1, 0.15) is 0 Å². The van der Waals surface area contributed by atoms with Gasteiger partial charge in [-0.1, -0.05) is 0 Å². The van der Waals surface area contributed by atoms with Crippen molar-refractivity contribution in [2.24, 2.45) is 0 Å². The number of alkyl halides is 1. The van der Waals surface area contributed by atoms with Crippen LogP contribution in [-0.2, 0) is 14.4 Å². The van der Waals surface area contributed by atoms with Crippen LogP contribution in [0.1, 0.15) is 12.8 Å². The van der Waals surface area contributed by atoms with E-state index in [1.165, 1.54) is 0 Å². The number of halogens is 1. The van der Waals surface area contributed by atoms with Crippen LogP contribution in [0, 0.1) is 0 Å². The third-order valence-electron chi connectivity index (χ3n) is 1.25. The van der Waals surface area contributed by atoms with Gasteiger partial charge in [0.2, 0.25) is 5.67 Å². The topological polar surface area (TPSA) is 112 Å². The molecule has 13 heavy (non-hydrogen) atoms. The standard InChI is InChI=1S/C6H7FO6/c7-6(5(12)13,1-3(8)9)2-4(10)11/h1-2H2,(H,8,9)(H,10,11)(H,12,13). The average molecular weight is 194 g/mol. The van der Waals surface area contributed by atoms with Crippen molar-refractivity contribution in [2.75, 3.05) is 0 Å². The Morgan fingerprint density at radius 1 is 1.00 bits per heavy atom. The molecule has 0 saturated carbocycles. The fraction of sp³-hybridized carbons (Fsp3) is 0.500. The monoisotopic (exact) mass is 194 g/mol. The SMILES string of the molecule is O=C(O)CC(F)(CC(=O)O)C(=O)O. The summed E-state index contributed by atoms with van der Waals surface area (Å²) < 4.78 is 13.1. The summed E-state index contributed by atoms with van der Waals surface area (Å²) in [5.74, 6) is -5.49. The van der Waals surface area contributed by atoms with Gasteiger partial charge in [0.25, 0.3) is 0 Å². The van der Waals surface area contributed by atoms with E-state index in [1.54, 1.807) is 0 Å². The smallest absolute Gasteiger partial charge is 0.342 e. The van der Waals surface area contributed by atoms with Crippen molar-refractivity contribution in [3.8, 4) is 0 Å². The first-order valence-electron chi connectivity index (χ1n) is 3.14. The third kappa shape index (κ3) is 3.50. The van der Waals surface area contributed by atoms with Gasteiger partial charge >= 0.3 is 17.9 Å². The van der Waals surface area contributed by atoms with Gasteiger partial charge < -0.3 is 15.3 Å². The van der Waals surface area contributed by atoms with Crippen LogP contribution in [-0.4, -0.2) is 38.9 Å². The van der Waals surface area contributed by atoms with Gasteiger partial charge in [-0.2, -0.15) is 0 Å². The Morgan fingerprint density at radius 2 is 1.31 bits per heavy atom. The van der Waals surface area contributed by atoms with Crippen LogP contribution in [0.15, 0.2) is 0 Å². The molecule has 0 rings (SSSR count). The number of rotatable bonds is 5. The van der Waals surface area contributed by atoms with Crippen LogP contribution in [0.25, 0.3) is 0 Å². The number of carbonyl (C=O) groups is 3. The van der Waals surface area contributed by atoms with Crippen molar-refractivity contribution in [2.45, 2.75) is 18.5 Å². The van der Waals surface area contributed by atoms with Crippen LogP contribution in [0.2, 0.25) is 0 Å². The predicted octanol–water partition coefficient (Wildman–Crippen LogP) is -0.271. The highest BCUT2D eigenvalue weighted by molar-refractivity contribution is 5.88. The second-order valence-electron chi connectivity index (χ2n) is 2.41. The van der Waals surface area contributed by atoms with E-state index < -0.39 is 36.4 Å². The van der Waals surface area contributed by atoms with Crippen molar-refractivity contribution >= 4 is 17.9 Å². The van der Waals surface area contributed by atoms with Gasteiger partial charge in [0, 0.05) is 0 Å². The van der Waals surface area contributed by atoms with Crippen LogP contribution < -0.4 is 0 Å². The molecule has 0 aliphatic carbocycles. The van der Waals surface area contributed by atoms with E-state index in [0.29, 0.717) is 0 Å². The molecule has 7 heteroatoms. The second-order valence-corrected chi connectivity index (χ2v) is 2.41. The molecule has 0 aromatic heterocycles. The Balaban J connectivity index is 4.62. The van der Waals surface area contributed by atoms with Gasteiger partial charge in [-0.15, -0.1) is 0 Å². The molecule has 0 heterocycles. The minimum absolute atomic E-state index is 1.37. The van der Waals surface area contributed by atoms with Gasteiger partial charge in [0.05, 0.1) is 12.8 Å². The Bertz CT molecular complexity index is 232. The lowest BCUT2D eigenvalue weighted by Gasteiger charge is -2.15. The predicted molar refractivity (Wildman–Crippen MR) is 36.0 cm³/mol. The number of carboxylic acids is 3. The van der Waals surface area contributed by atoms with E-state index >= 15 is 0 Å². The Labute approximate surface area is 71.6 Å². The van der Waals surface area contributed by atoms with Crippen LogP contribution in [0.4, 0.5) is 4.39 Å². The summed E-state index contributed by atoms with van der Waals surface area (Å²) in [7, 11) is 0. The molecule has 0 fully saturated rings. The van der Waals surface area contributed by atoms with Gasteiger partial charge in [-0.05, 0) is 0 Å². The summed E-state index contributed by atoms with van der Waals surface area (Å²) in [6, 6.07) is 0.